The maximum atomic E-state index is 9.88. The number of hydrogen-bond acceptors (Lipinski definition) is 7. The molecular weight excluding hydrogens is 240 g/mol. The number of aromatic nitrogens is 2. The highest BCUT2D eigenvalue weighted by molar-refractivity contribution is 7.09. The van der Waals surface area contributed by atoms with Crippen molar-refractivity contribution in [3.63, 3.8) is 0 Å². The Morgan fingerprint density at radius 3 is 2.94 bits per heavy atom. The van der Waals surface area contributed by atoms with Crippen molar-refractivity contribution in [2.45, 2.75) is 13.0 Å². The zero-order valence-electron chi connectivity index (χ0n) is 9.93. The Balaban J connectivity index is 1.68. The monoisotopic (exact) mass is 258 g/mol. The van der Waals surface area contributed by atoms with Gasteiger partial charge in [0.15, 0.2) is 0 Å². The molecule has 1 aromatic rings. The average molecular weight is 258 g/mol. The van der Waals surface area contributed by atoms with E-state index in [1.165, 1.54) is 11.5 Å². The topological polar surface area (TPSA) is 70.5 Å². The number of aryl methyl sites for hydroxylation is 1. The first kappa shape index (κ1) is 12.7. The minimum atomic E-state index is -0.391. The lowest BCUT2D eigenvalue weighted by molar-refractivity contribution is 0.0171. The van der Waals surface area contributed by atoms with Crippen LogP contribution in [-0.2, 0) is 4.74 Å². The first-order valence-electron chi connectivity index (χ1n) is 5.76. The van der Waals surface area contributed by atoms with Crippen LogP contribution in [0.3, 0.4) is 0 Å². The number of anilines is 1. The van der Waals surface area contributed by atoms with E-state index in [-0.39, 0.29) is 0 Å². The van der Waals surface area contributed by atoms with Crippen molar-refractivity contribution >= 4 is 16.7 Å². The van der Waals surface area contributed by atoms with Crippen LogP contribution in [0.5, 0.6) is 0 Å². The van der Waals surface area contributed by atoms with Crippen molar-refractivity contribution in [3.8, 4) is 0 Å². The molecular formula is C10H18N4O2S. The van der Waals surface area contributed by atoms with Gasteiger partial charge in [-0.05, 0) is 6.92 Å². The maximum absolute atomic E-state index is 9.88. The molecule has 1 saturated heterocycles. The SMILES string of the molecule is Cc1nsc(NCC(O)CN2CCOCC2)n1. The second kappa shape index (κ2) is 6.25. The molecule has 2 rings (SSSR count). The largest absolute Gasteiger partial charge is 0.390 e. The van der Waals surface area contributed by atoms with E-state index in [1.807, 2.05) is 6.92 Å². The number of ether oxygens (including phenoxy) is 1. The molecule has 0 bridgehead atoms. The Hall–Kier alpha value is -0.760. The molecule has 1 aromatic heterocycles. The van der Waals surface area contributed by atoms with Crippen LogP contribution in [0.1, 0.15) is 5.82 Å². The Kier molecular flexibility index (Phi) is 4.66. The lowest BCUT2D eigenvalue weighted by Gasteiger charge is -2.28. The zero-order chi connectivity index (χ0) is 12.1. The minimum absolute atomic E-state index is 0.391. The van der Waals surface area contributed by atoms with Crippen LogP contribution in [0.15, 0.2) is 0 Å². The molecule has 1 fully saturated rings. The van der Waals surface area contributed by atoms with Crippen LogP contribution in [0, 0.1) is 6.92 Å². The van der Waals surface area contributed by atoms with Gasteiger partial charge >= 0.3 is 0 Å². The number of rotatable bonds is 5. The molecule has 1 aliphatic rings. The molecule has 0 radical (unpaired) electrons. The summed E-state index contributed by atoms with van der Waals surface area (Å²) < 4.78 is 9.33. The van der Waals surface area contributed by atoms with E-state index in [0.717, 1.165) is 37.3 Å². The molecule has 1 unspecified atom stereocenters. The second-order valence-electron chi connectivity index (χ2n) is 4.09. The van der Waals surface area contributed by atoms with Crippen molar-refractivity contribution in [1.29, 1.82) is 0 Å². The van der Waals surface area contributed by atoms with Gasteiger partial charge in [0.1, 0.15) is 5.82 Å². The normalized spacial score (nSPS) is 19.2. The van der Waals surface area contributed by atoms with Gasteiger partial charge in [-0.3, -0.25) is 4.90 Å². The summed E-state index contributed by atoms with van der Waals surface area (Å²) >= 11 is 1.32. The third-order valence-corrected chi connectivity index (χ3v) is 3.35. The molecule has 96 valence electrons. The highest BCUT2D eigenvalue weighted by Gasteiger charge is 2.14. The van der Waals surface area contributed by atoms with Crippen LogP contribution in [0.4, 0.5) is 5.13 Å². The Morgan fingerprint density at radius 1 is 1.53 bits per heavy atom. The molecule has 2 heterocycles. The molecule has 0 amide bonds. The smallest absolute Gasteiger partial charge is 0.202 e. The van der Waals surface area contributed by atoms with Gasteiger partial charge in [-0.25, -0.2) is 4.98 Å². The number of nitrogens with zero attached hydrogens (tertiary/aromatic N) is 3. The Bertz CT molecular complexity index is 341. The lowest BCUT2D eigenvalue weighted by atomic mass is 10.3. The summed E-state index contributed by atoms with van der Waals surface area (Å²) in [5.41, 5.74) is 0. The summed E-state index contributed by atoms with van der Waals surface area (Å²) in [6.07, 6.45) is -0.391. The third kappa shape index (κ3) is 4.19. The van der Waals surface area contributed by atoms with Gasteiger partial charge in [0, 0.05) is 37.7 Å². The highest BCUT2D eigenvalue weighted by Crippen LogP contribution is 2.10. The van der Waals surface area contributed by atoms with Gasteiger partial charge in [0.25, 0.3) is 0 Å². The van der Waals surface area contributed by atoms with Gasteiger partial charge in [-0.2, -0.15) is 4.37 Å². The van der Waals surface area contributed by atoms with E-state index in [1.54, 1.807) is 0 Å². The second-order valence-corrected chi connectivity index (χ2v) is 4.85. The van der Waals surface area contributed by atoms with Gasteiger partial charge in [-0.1, -0.05) is 0 Å². The molecule has 7 heteroatoms. The summed E-state index contributed by atoms with van der Waals surface area (Å²) in [7, 11) is 0. The first-order valence-corrected chi connectivity index (χ1v) is 6.54. The first-order chi connectivity index (χ1) is 8.24. The predicted octanol–water partition coefficient (Wildman–Crippen LogP) is -0.0485. The fourth-order valence-electron chi connectivity index (χ4n) is 1.72. The highest BCUT2D eigenvalue weighted by atomic mass is 32.1. The summed E-state index contributed by atoms with van der Waals surface area (Å²) in [4.78, 5) is 6.39. The quantitative estimate of drug-likeness (QED) is 0.772. The van der Waals surface area contributed by atoms with Gasteiger partial charge < -0.3 is 15.2 Å². The fourth-order valence-corrected chi connectivity index (χ4v) is 2.30. The van der Waals surface area contributed by atoms with E-state index in [9.17, 15) is 5.11 Å². The van der Waals surface area contributed by atoms with Crippen LogP contribution in [0.2, 0.25) is 0 Å². The third-order valence-electron chi connectivity index (χ3n) is 2.59. The summed E-state index contributed by atoms with van der Waals surface area (Å²) in [5.74, 6) is 0.764. The van der Waals surface area contributed by atoms with Crippen molar-refractivity contribution in [3.05, 3.63) is 5.82 Å². The molecule has 0 spiro atoms. The Labute approximate surface area is 105 Å². The summed E-state index contributed by atoms with van der Waals surface area (Å²) in [6.45, 7) is 6.35. The molecule has 0 saturated carbocycles. The summed E-state index contributed by atoms with van der Waals surface area (Å²) in [6, 6.07) is 0. The van der Waals surface area contributed by atoms with Crippen LogP contribution < -0.4 is 5.32 Å². The number of aliphatic hydroxyl groups is 1. The van der Waals surface area contributed by atoms with E-state index in [0.29, 0.717) is 13.1 Å². The fraction of sp³-hybridized carbons (Fsp3) is 0.800. The molecule has 0 aromatic carbocycles. The predicted molar refractivity (Wildman–Crippen MR) is 66.4 cm³/mol. The van der Waals surface area contributed by atoms with Crippen LogP contribution >= 0.6 is 11.5 Å². The van der Waals surface area contributed by atoms with Crippen LogP contribution in [-0.4, -0.2) is 64.9 Å². The molecule has 0 aliphatic carbocycles. The maximum Gasteiger partial charge on any atom is 0.202 e. The number of hydrogen-bond donors (Lipinski definition) is 2. The number of morpholine rings is 1. The standard InChI is InChI=1S/C10H18N4O2S/c1-8-12-10(17-13-8)11-6-9(15)7-14-2-4-16-5-3-14/h9,15H,2-7H2,1H3,(H,11,12,13). The molecule has 17 heavy (non-hydrogen) atoms. The number of nitrogens with one attached hydrogen (secondary N) is 1. The van der Waals surface area contributed by atoms with E-state index >= 15 is 0 Å². The van der Waals surface area contributed by atoms with E-state index < -0.39 is 6.10 Å². The van der Waals surface area contributed by atoms with Crippen LogP contribution in [0.25, 0.3) is 0 Å². The van der Waals surface area contributed by atoms with E-state index in [2.05, 4.69) is 19.6 Å². The van der Waals surface area contributed by atoms with Crippen molar-refractivity contribution in [2.24, 2.45) is 0 Å². The van der Waals surface area contributed by atoms with Crippen molar-refractivity contribution in [2.75, 3.05) is 44.7 Å². The minimum Gasteiger partial charge on any atom is -0.390 e. The van der Waals surface area contributed by atoms with Gasteiger partial charge in [0.2, 0.25) is 5.13 Å². The van der Waals surface area contributed by atoms with Crippen molar-refractivity contribution in [1.82, 2.24) is 14.3 Å². The molecule has 1 atom stereocenters. The van der Waals surface area contributed by atoms with E-state index in [4.69, 9.17) is 4.74 Å². The van der Waals surface area contributed by atoms with Gasteiger partial charge in [0.05, 0.1) is 19.3 Å². The summed E-state index contributed by atoms with van der Waals surface area (Å²) in [5, 5.41) is 13.7. The number of β-amino-alcohol motifs (C(OH)–C–C–N with tert-alkyl or cyclic N) is 1. The Morgan fingerprint density at radius 2 is 2.29 bits per heavy atom. The zero-order valence-corrected chi connectivity index (χ0v) is 10.7. The molecule has 6 nitrogen and oxygen atoms in total. The number of aliphatic hydroxyl groups excluding tert-OH is 1. The van der Waals surface area contributed by atoms with Gasteiger partial charge in [-0.15, -0.1) is 0 Å². The molecule has 2 N–H and O–H groups in total. The lowest BCUT2D eigenvalue weighted by Crippen LogP contribution is -2.42. The molecule has 1 aliphatic heterocycles. The average Bonchev–Trinajstić information content (AvgIpc) is 2.74. The van der Waals surface area contributed by atoms with Crippen molar-refractivity contribution < 1.29 is 9.84 Å².